The fraction of sp³-hybridized carbons (Fsp3) is 0.944. The molecule has 1 N–H and O–H groups in total. The molecule has 0 aromatic rings. The zero-order valence-corrected chi connectivity index (χ0v) is 15.2. The van der Waals surface area contributed by atoms with Gasteiger partial charge in [-0.25, -0.2) is 4.79 Å². The molecule has 3 fully saturated rings. The van der Waals surface area contributed by atoms with Crippen LogP contribution in [0.25, 0.3) is 0 Å². The molecule has 3 saturated heterocycles. The van der Waals surface area contributed by atoms with Gasteiger partial charge in [0.1, 0.15) is 5.60 Å². The summed E-state index contributed by atoms with van der Waals surface area (Å²) in [5.74, 6) is 0.569. The predicted octanol–water partition coefficient (Wildman–Crippen LogP) is 2.46. The Labute approximate surface area is 140 Å². The van der Waals surface area contributed by atoms with Crippen molar-refractivity contribution in [2.45, 2.75) is 76.6 Å². The van der Waals surface area contributed by atoms with Gasteiger partial charge in [-0.1, -0.05) is 0 Å². The molecule has 3 heterocycles. The fourth-order valence-corrected chi connectivity index (χ4v) is 4.40. The third-order valence-corrected chi connectivity index (χ3v) is 5.73. The lowest BCUT2D eigenvalue weighted by molar-refractivity contribution is 0.0288. The molecule has 2 bridgehead atoms. The summed E-state index contributed by atoms with van der Waals surface area (Å²) in [6, 6.07) is 2.24. The smallest absolute Gasteiger partial charge is 0.410 e. The number of hydrogen-bond donors (Lipinski definition) is 1. The number of carbonyl (C=O) groups excluding carboxylic acids is 1. The van der Waals surface area contributed by atoms with Crippen LogP contribution in [0.4, 0.5) is 4.79 Å². The van der Waals surface area contributed by atoms with Crippen molar-refractivity contribution in [1.29, 1.82) is 0 Å². The number of carbonyl (C=O) groups is 1. The van der Waals surface area contributed by atoms with Gasteiger partial charge >= 0.3 is 6.09 Å². The molecule has 3 atom stereocenters. The van der Waals surface area contributed by atoms with Crippen molar-refractivity contribution >= 4 is 6.09 Å². The Bertz CT molecular complexity index is 420. The standard InChI is InChI=1S/C18H33N3O2/c1-18(2,3)23-17(22)21-8-7-13(12-21)11-19-14-9-15-5-6-16(10-14)20(15)4/h13-16,19H,5-12H2,1-4H3. The van der Waals surface area contributed by atoms with E-state index in [-0.39, 0.29) is 6.09 Å². The Balaban J connectivity index is 1.40. The molecular weight excluding hydrogens is 290 g/mol. The summed E-state index contributed by atoms with van der Waals surface area (Å²) in [6.07, 6.45) is 6.25. The van der Waals surface area contributed by atoms with Crippen LogP contribution in [0.3, 0.4) is 0 Å². The van der Waals surface area contributed by atoms with Crippen molar-refractivity contribution < 1.29 is 9.53 Å². The van der Waals surface area contributed by atoms with Crippen LogP contribution >= 0.6 is 0 Å². The molecule has 0 aromatic carbocycles. The molecular formula is C18H33N3O2. The van der Waals surface area contributed by atoms with E-state index in [4.69, 9.17) is 4.74 Å². The van der Waals surface area contributed by atoms with Crippen molar-refractivity contribution in [3.05, 3.63) is 0 Å². The monoisotopic (exact) mass is 323 g/mol. The predicted molar refractivity (Wildman–Crippen MR) is 91.5 cm³/mol. The van der Waals surface area contributed by atoms with Crippen LogP contribution in [0.5, 0.6) is 0 Å². The summed E-state index contributed by atoms with van der Waals surface area (Å²) in [5.41, 5.74) is -0.402. The van der Waals surface area contributed by atoms with Gasteiger partial charge in [-0.3, -0.25) is 0 Å². The lowest BCUT2D eigenvalue weighted by Gasteiger charge is -2.37. The van der Waals surface area contributed by atoms with Crippen molar-refractivity contribution in [1.82, 2.24) is 15.1 Å². The molecule has 3 aliphatic rings. The molecule has 1 amide bonds. The first-order chi connectivity index (χ1) is 10.8. The lowest BCUT2D eigenvalue weighted by Crippen LogP contribution is -2.48. The first-order valence-electron chi connectivity index (χ1n) is 9.25. The van der Waals surface area contributed by atoms with Gasteiger partial charge in [0.15, 0.2) is 0 Å². The highest BCUT2D eigenvalue weighted by Gasteiger charge is 2.38. The van der Waals surface area contributed by atoms with E-state index in [1.165, 1.54) is 25.7 Å². The van der Waals surface area contributed by atoms with Gasteiger partial charge in [-0.05, 0) is 72.4 Å². The van der Waals surface area contributed by atoms with Gasteiger partial charge in [0.25, 0.3) is 0 Å². The van der Waals surface area contributed by atoms with E-state index in [0.717, 1.165) is 38.1 Å². The molecule has 3 unspecified atom stereocenters. The molecule has 0 spiro atoms. The van der Waals surface area contributed by atoms with Crippen molar-refractivity contribution in [3.8, 4) is 0 Å². The Morgan fingerprint density at radius 2 is 1.83 bits per heavy atom. The largest absolute Gasteiger partial charge is 0.444 e. The molecule has 0 aromatic heterocycles. The van der Waals surface area contributed by atoms with Crippen LogP contribution in [-0.4, -0.2) is 66.3 Å². The van der Waals surface area contributed by atoms with Crippen molar-refractivity contribution in [2.24, 2.45) is 5.92 Å². The van der Waals surface area contributed by atoms with Crippen molar-refractivity contribution in [2.75, 3.05) is 26.7 Å². The summed E-state index contributed by atoms with van der Waals surface area (Å²) >= 11 is 0. The molecule has 132 valence electrons. The molecule has 5 nitrogen and oxygen atoms in total. The Morgan fingerprint density at radius 1 is 1.17 bits per heavy atom. The molecule has 0 radical (unpaired) electrons. The van der Waals surface area contributed by atoms with Gasteiger partial charge < -0.3 is 19.9 Å². The third-order valence-electron chi connectivity index (χ3n) is 5.73. The maximum Gasteiger partial charge on any atom is 0.410 e. The van der Waals surface area contributed by atoms with Crippen molar-refractivity contribution in [3.63, 3.8) is 0 Å². The molecule has 0 aliphatic carbocycles. The first kappa shape index (κ1) is 17.0. The van der Waals surface area contributed by atoms with Crippen LogP contribution in [0.2, 0.25) is 0 Å². The van der Waals surface area contributed by atoms with Crippen LogP contribution in [0.1, 0.15) is 52.9 Å². The number of likely N-dealkylation sites (tertiary alicyclic amines) is 1. The number of ether oxygens (including phenoxy) is 1. The van der Waals surface area contributed by atoms with Crippen LogP contribution in [0, 0.1) is 5.92 Å². The Kier molecular flexibility index (Phi) is 4.88. The summed E-state index contributed by atoms with van der Waals surface area (Å²) in [7, 11) is 2.29. The Morgan fingerprint density at radius 3 is 2.43 bits per heavy atom. The number of fused-ring (bicyclic) bond motifs is 2. The van der Waals surface area contributed by atoms with Gasteiger partial charge in [0.05, 0.1) is 0 Å². The van der Waals surface area contributed by atoms with E-state index in [0.29, 0.717) is 12.0 Å². The van der Waals surface area contributed by atoms with Gasteiger partial charge in [-0.15, -0.1) is 0 Å². The number of nitrogens with zero attached hydrogens (tertiary/aromatic N) is 2. The van der Waals surface area contributed by atoms with Gasteiger partial charge in [0, 0.05) is 31.2 Å². The van der Waals surface area contributed by atoms with Gasteiger partial charge in [-0.2, -0.15) is 0 Å². The second kappa shape index (κ2) is 6.60. The maximum atomic E-state index is 12.1. The fourth-order valence-electron chi connectivity index (χ4n) is 4.40. The number of nitrogens with one attached hydrogen (secondary N) is 1. The van der Waals surface area contributed by atoms with E-state index in [1.54, 1.807) is 0 Å². The van der Waals surface area contributed by atoms with E-state index < -0.39 is 5.60 Å². The number of amides is 1. The second-order valence-corrected chi connectivity index (χ2v) is 8.71. The minimum absolute atomic E-state index is 0.155. The topological polar surface area (TPSA) is 44.8 Å². The van der Waals surface area contributed by atoms with Crippen LogP contribution in [0.15, 0.2) is 0 Å². The maximum absolute atomic E-state index is 12.1. The molecule has 3 rings (SSSR count). The molecule has 0 saturated carbocycles. The number of rotatable bonds is 3. The molecule has 5 heteroatoms. The summed E-state index contributed by atoms with van der Waals surface area (Å²) < 4.78 is 5.47. The van der Waals surface area contributed by atoms with Gasteiger partial charge in [0.2, 0.25) is 0 Å². The average Bonchev–Trinajstić information content (AvgIpc) is 2.98. The zero-order valence-electron chi connectivity index (χ0n) is 15.2. The number of piperidine rings is 1. The summed E-state index contributed by atoms with van der Waals surface area (Å²) in [4.78, 5) is 16.6. The Hall–Kier alpha value is -0.810. The highest BCUT2D eigenvalue weighted by atomic mass is 16.6. The quantitative estimate of drug-likeness (QED) is 0.866. The van der Waals surface area contributed by atoms with E-state index in [2.05, 4.69) is 17.3 Å². The first-order valence-corrected chi connectivity index (χ1v) is 9.25. The second-order valence-electron chi connectivity index (χ2n) is 8.71. The minimum Gasteiger partial charge on any atom is -0.444 e. The van der Waals surface area contributed by atoms with Crippen LogP contribution < -0.4 is 5.32 Å². The average molecular weight is 323 g/mol. The minimum atomic E-state index is -0.402. The third kappa shape index (κ3) is 4.18. The lowest BCUT2D eigenvalue weighted by atomic mass is 9.97. The highest BCUT2D eigenvalue weighted by Crippen LogP contribution is 2.34. The van der Waals surface area contributed by atoms with Crippen LogP contribution in [-0.2, 0) is 4.74 Å². The highest BCUT2D eigenvalue weighted by molar-refractivity contribution is 5.68. The summed E-state index contributed by atoms with van der Waals surface area (Å²) in [6.45, 7) is 8.48. The zero-order chi connectivity index (χ0) is 16.6. The van der Waals surface area contributed by atoms with E-state index >= 15 is 0 Å². The molecule has 3 aliphatic heterocycles. The van der Waals surface area contributed by atoms with E-state index in [9.17, 15) is 4.79 Å². The molecule has 23 heavy (non-hydrogen) atoms. The normalized spacial score (nSPS) is 34.9. The summed E-state index contributed by atoms with van der Waals surface area (Å²) in [5, 5.41) is 3.79. The van der Waals surface area contributed by atoms with E-state index in [1.807, 2.05) is 25.7 Å². The SMILES string of the molecule is CN1C2CCC1CC(NCC1CCN(C(=O)OC(C)(C)C)C1)C2. The number of hydrogen-bond acceptors (Lipinski definition) is 4.